The monoisotopic (exact) mass is 250 g/mol. The molecule has 0 saturated heterocycles. The number of aromatic amines is 1. The fourth-order valence-electron chi connectivity index (χ4n) is 2.32. The molecule has 1 heterocycles. The highest BCUT2D eigenvalue weighted by Crippen LogP contribution is 2.33. The van der Waals surface area contributed by atoms with E-state index in [1.165, 1.54) is 26.5 Å². The Morgan fingerprint density at radius 1 is 1.36 bits per heavy atom. The van der Waals surface area contributed by atoms with Gasteiger partial charge in [-0.15, -0.1) is 0 Å². The average molecular weight is 251 g/mol. The van der Waals surface area contributed by atoms with Gasteiger partial charge in [-0.3, -0.25) is 0 Å². The van der Waals surface area contributed by atoms with E-state index >= 15 is 0 Å². The first kappa shape index (κ1) is 8.50. The topological polar surface area (TPSA) is 41.8 Å². The van der Waals surface area contributed by atoms with Crippen LogP contribution >= 0.6 is 15.9 Å². The van der Waals surface area contributed by atoms with Crippen LogP contribution in [0.2, 0.25) is 0 Å². The smallest absolute Gasteiger partial charge is 0.0460 e. The number of halogens is 1. The van der Waals surface area contributed by atoms with Gasteiger partial charge in [-0.2, -0.15) is 0 Å². The van der Waals surface area contributed by atoms with Crippen LogP contribution in [-0.4, -0.2) is 11.0 Å². The SMILES string of the molecule is NC1Cc2c[nH]c3ccc(Br)c(c23)C1. The lowest BCUT2D eigenvalue weighted by Gasteiger charge is -2.19. The minimum Gasteiger partial charge on any atom is -0.361 e. The zero-order valence-electron chi connectivity index (χ0n) is 7.68. The summed E-state index contributed by atoms with van der Waals surface area (Å²) in [4.78, 5) is 3.29. The van der Waals surface area contributed by atoms with Gasteiger partial charge in [-0.25, -0.2) is 0 Å². The predicted molar refractivity (Wildman–Crippen MR) is 61.4 cm³/mol. The van der Waals surface area contributed by atoms with Gasteiger partial charge in [0.15, 0.2) is 0 Å². The quantitative estimate of drug-likeness (QED) is 0.741. The maximum absolute atomic E-state index is 6.02. The molecule has 1 aromatic heterocycles. The van der Waals surface area contributed by atoms with Gasteiger partial charge in [0, 0.05) is 27.6 Å². The average Bonchev–Trinajstić information content (AvgIpc) is 2.55. The van der Waals surface area contributed by atoms with Crippen molar-refractivity contribution in [3.05, 3.63) is 33.9 Å². The molecule has 3 N–H and O–H groups in total. The van der Waals surface area contributed by atoms with Crippen LogP contribution < -0.4 is 5.73 Å². The minimum atomic E-state index is 0.264. The second-order valence-electron chi connectivity index (χ2n) is 3.93. The number of benzene rings is 1. The largest absolute Gasteiger partial charge is 0.361 e. The summed E-state index contributed by atoms with van der Waals surface area (Å²) in [6.45, 7) is 0. The Morgan fingerprint density at radius 3 is 3.07 bits per heavy atom. The molecule has 0 bridgehead atoms. The Bertz CT molecular complexity index is 501. The first-order chi connectivity index (χ1) is 6.75. The number of aromatic nitrogens is 1. The molecule has 1 atom stereocenters. The summed E-state index contributed by atoms with van der Waals surface area (Å²) < 4.78 is 1.18. The summed E-state index contributed by atoms with van der Waals surface area (Å²) in [7, 11) is 0. The van der Waals surface area contributed by atoms with E-state index in [-0.39, 0.29) is 6.04 Å². The molecule has 72 valence electrons. The number of H-pyrrole nitrogens is 1. The molecule has 3 rings (SSSR count). The Morgan fingerprint density at radius 2 is 2.21 bits per heavy atom. The van der Waals surface area contributed by atoms with Gasteiger partial charge in [-0.05, 0) is 36.1 Å². The van der Waals surface area contributed by atoms with Crippen LogP contribution in [0.5, 0.6) is 0 Å². The summed E-state index contributed by atoms with van der Waals surface area (Å²) in [5.41, 5.74) is 9.96. The molecule has 0 fully saturated rings. The molecule has 1 aliphatic rings. The van der Waals surface area contributed by atoms with E-state index in [0.717, 1.165) is 12.8 Å². The Hall–Kier alpha value is -0.800. The van der Waals surface area contributed by atoms with E-state index in [4.69, 9.17) is 5.73 Å². The summed E-state index contributed by atoms with van der Waals surface area (Å²) >= 11 is 3.59. The number of rotatable bonds is 0. The molecule has 2 nitrogen and oxygen atoms in total. The molecule has 0 saturated carbocycles. The lowest BCUT2D eigenvalue weighted by Crippen LogP contribution is -2.28. The molecule has 0 radical (unpaired) electrons. The van der Waals surface area contributed by atoms with Crippen molar-refractivity contribution in [1.82, 2.24) is 4.98 Å². The van der Waals surface area contributed by atoms with Gasteiger partial charge in [0.25, 0.3) is 0 Å². The van der Waals surface area contributed by atoms with Crippen molar-refractivity contribution in [2.75, 3.05) is 0 Å². The van der Waals surface area contributed by atoms with Crippen molar-refractivity contribution in [1.29, 1.82) is 0 Å². The van der Waals surface area contributed by atoms with Crippen LogP contribution in [0.1, 0.15) is 11.1 Å². The molecule has 3 heteroatoms. The van der Waals surface area contributed by atoms with Crippen LogP contribution in [0.3, 0.4) is 0 Å². The van der Waals surface area contributed by atoms with Gasteiger partial charge < -0.3 is 10.7 Å². The zero-order chi connectivity index (χ0) is 9.71. The van der Waals surface area contributed by atoms with Gasteiger partial charge >= 0.3 is 0 Å². The first-order valence-corrected chi connectivity index (χ1v) is 5.58. The second kappa shape index (κ2) is 2.84. The summed E-state index contributed by atoms with van der Waals surface area (Å²) in [5.74, 6) is 0. The maximum atomic E-state index is 6.02. The van der Waals surface area contributed by atoms with Gasteiger partial charge in [0.1, 0.15) is 0 Å². The fourth-order valence-corrected chi connectivity index (χ4v) is 2.82. The maximum Gasteiger partial charge on any atom is 0.0460 e. The third-order valence-electron chi connectivity index (χ3n) is 2.93. The highest BCUT2D eigenvalue weighted by Gasteiger charge is 2.20. The third-order valence-corrected chi connectivity index (χ3v) is 3.67. The van der Waals surface area contributed by atoms with E-state index in [1.54, 1.807) is 0 Å². The van der Waals surface area contributed by atoms with E-state index in [2.05, 4.69) is 39.2 Å². The highest BCUT2D eigenvalue weighted by molar-refractivity contribution is 9.10. The molecular formula is C11H11BrN2. The number of nitrogens with one attached hydrogen (secondary N) is 1. The zero-order valence-corrected chi connectivity index (χ0v) is 9.26. The molecule has 14 heavy (non-hydrogen) atoms. The fraction of sp³-hybridized carbons (Fsp3) is 0.273. The molecule has 0 aliphatic heterocycles. The van der Waals surface area contributed by atoms with E-state index < -0.39 is 0 Å². The molecule has 2 aromatic rings. The van der Waals surface area contributed by atoms with Crippen LogP contribution in [0.15, 0.2) is 22.8 Å². The van der Waals surface area contributed by atoms with Crippen molar-refractivity contribution >= 4 is 26.8 Å². The van der Waals surface area contributed by atoms with E-state index in [0.29, 0.717) is 0 Å². The molecule has 0 amide bonds. The Balaban J connectivity index is 2.41. The molecule has 0 spiro atoms. The first-order valence-electron chi connectivity index (χ1n) is 4.78. The summed E-state index contributed by atoms with van der Waals surface area (Å²) in [5, 5.41) is 1.38. The van der Waals surface area contributed by atoms with Gasteiger partial charge in [-0.1, -0.05) is 15.9 Å². The van der Waals surface area contributed by atoms with Crippen molar-refractivity contribution in [2.45, 2.75) is 18.9 Å². The molecular weight excluding hydrogens is 240 g/mol. The number of nitrogens with two attached hydrogens (primary N) is 1. The van der Waals surface area contributed by atoms with Crippen molar-refractivity contribution < 1.29 is 0 Å². The minimum absolute atomic E-state index is 0.264. The lowest BCUT2D eigenvalue weighted by molar-refractivity contribution is 0.656. The number of hydrogen-bond acceptors (Lipinski definition) is 1. The van der Waals surface area contributed by atoms with Crippen LogP contribution in [0.25, 0.3) is 10.9 Å². The molecule has 1 unspecified atom stereocenters. The normalized spacial score (nSPS) is 20.3. The van der Waals surface area contributed by atoms with Crippen LogP contribution in [-0.2, 0) is 12.8 Å². The highest BCUT2D eigenvalue weighted by atomic mass is 79.9. The van der Waals surface area contributed by atoms with Crippen LogP contribution in [0.4, 0.5) is 0 Å². The van der Waals surface area contributed by atoms with Crippen molar-refractivity contribution in [3.8, 4) is 0 Å². The van der Waals surface area contributed by atoms with Crippen molar-refractivity contribution in [2.24, 2.45) is 5.73 Å². The number of hydrogen-bond donors (Lipinski definition) is 2. The van der Waals surface area contributed by atoms with Crippen molar-refractivity contribution in [3.63, 3.8) is 0 Å². The third kappa shape index (κ3) is 1.06. The van der Waals surface area contributed by atoms with E-state index in [9.17, 15) is 0 Å². The van der Waals surface area contributed by atoms with Gasteiger partial charge in [0.2, 0.25) is 0 Å². The van der Waals surface area contributed by atoms with Crippen LogP contribution in [0, 0.1) is 0 Å². The Kier molecular flexibility index (Phi) is 1.73. The predicted octanol–water partition coefficient (Wildman–Crippen LogP) is 2.36. The van der Waals surface area contributed by atoms with E-state index in [1.807, 2.05) is 0 Å². The standard InChI is InChI=1S/C11H11BrN2/c12-9-1-2-10-11-6(5-14-10)3-7(13)4-8(9)11/h1-2,5,7,14H,3-4,13H2. The molecule has 1 aliphatic carbocycles. The molecule has 1 aromatic carbocycles. The Labute approximate surface area is 90.6 Å². The van der Waals surface area contributed by atoms with Gasteiger partial charge in [0.05, 0.1) is 0 Å². The summed E-state index contributed by atoms with van der Waals surface area (Å²) in [6, 6.07) is 4.47. The lowest BCUT2D eigenvalue weighted by atomic mass is 9.90. The summed E-state index contributed by atoms with van der Waals surface area (Å²) in [6.07, 6.45) is 4.05. The second-order valence-corrected chi connectivity index (χ2v) is 4.79.